The third-order valence-corrected chi connectivity index (χ3v) is 3.03. The van der Waals surface area contributed by atoms with E-state index >= 15 is 0 Å². The van der Waals surface area contributed by atoms with E-state index < -0.39 is 6.10 Å². The van der Waals surface area contributed by atoms with Crippen molar-refractivity contribution in [3.05, 3.63) is 41.7 Å². The Kier molecular flexibility index (Phi) is 2.51. The van der Waals surface area contributed by atoms with Crippen LogP contribution < -0.4 is 10.1 Å². The van der Waals surface area contributed by atoms with Gasteiger partial charge in [0.15, 0.2) is 6.10 Å². The predicted molar refractivity (Wildman–Crippen MR) is 66.5 cm³/mol. The Hall–Kier alpha value is -2.30. The molecule has 2 heterocycles. The quantitative estimate of drug-likeness (QED) is 0.843. The van der Waals surface area contributed by atoms with Gasteiger partial charge in [-0.1, -0.05) is 18.2 Å². The minimum Gasteiger partial charge on any atom is -0.480 e. The molecule has 0 fully saturated rings. The van der Waals surface area contributed by atoms with E-state index in [-0.39, 0.29) is 5.91 Å². The van der Waals surface area contributed by atoms with Gasteiger partial charge in [0, 0.05) is 6.42 Å². The van der Waals surface area contributed by atoms with Gasteiger partial charge in [0.2, 0.25) is 0 Å². The van der Waals surface area contributed by atoms with Gasteiger partial charge in [-0.15, -0.1) is 0 Å². The smallest absolute Gasteiger partial charge is 0.265 e. The van der Waals surface area contributed by atoms with Crippen molar-refractivity contribution < 1.29 is 9.53 Å². The molecule has 0 radical (unpaired) electrons. The number of anilines is 1. The van der Waals surface area contributed by atoms with Gasteiger partial charge < -0.3 is 10.1 Å². The van der Waals surface area contributed by atoms with Crippen molar-refractivity contribution in [1.29, 1.82) is 0 Å². The first-order chi connectivity index (χ1) is 8.74. The number of aromatic amines is 1. The molecule has 0 saturated heterocycles. The number of hydrogen-bond acceptors (Lipinski definition) is 3. The number of H-pyrrole nitrogens is 1. The molecule has 2 aromatic rings. The Balaban J connectivity index is 1.71. The van der Waals surface area contributed by atoms with Gasteiger partial charge in [-0.2, -0.15) is 5.10 Å². The van der Waals surface area contributed by atoms with E-state index in [2.05, 4.69) is 15.5 Å². The summed E-state index contributed by atoms with van der Waals surface area (Å²) in [5, 5.41) is 9.45. The second kappa shape index (κ2) is 4.18. The number of carbonyl (C=O) groups is 1. The number of nitrogens with zero attached hydrogens (tertiary/aromatic N) is 1. The molecule has 2 N–H and O–H groups in total. The number of ether oxygens (including phenoxy) is 1. The highest BCUT2D eigenvalue weighted by Crippen LogP contribution is 2.28. The SMILES string of the molecule is Cc1[nH]ncc1NC(=O)C1Cc2ccccc2O1. The summed E-state index contributed by atoms with van der Waals surface area (Å²) in [6.07, 6.45) is 1.74. The number of carbonyl (C=O) groups excluding carboxylic acids is 1. The molecular weight excluding hydrogens is 230 g/mol. The molecule has 1 aliphatic rings. The summed E-state index contributed by atoms with van der Waals surface area (Å²) < 4.78 is 5.61. The largest absolute Gasteiger partial charge is 0.480 e. The maximum absolute atomic E-state index is 12.1. The van der Waals surface area contributed by atoms with Crippen LogP contribution >= 0.6 is 0 Å². The van der Waals surface area contributed by atoms with Gasteiger partial charge >= 0.3 is 0 Å². The van der Waals surface area contributed by atoms with Gasteiger partial charge in [-0.25, -0.2) is 0 Å². The van der Waals surface area contributed by atoms with Crippen LogP contribution in [0, 0.1) is 6.92 Å². The number of nitrogens with one attached hydrogen (secondary N) is 2. The molecule has 0 saturated carbocycles. The van der Waals surface area contributed by atoms with Crippen LogP contribution in [0.25, 0.3) is 0 Å². The molecule has 1 amide bonds. The normalized spacial score (nSPS) is 17.1. The summed E-state index contributed by atoms with van der Waals surface area (Å²) >= 11 is 0. The minimum atomic E-state index is -0.461. The van der Waals surface area contributed by atoms with Crippen LogP contribution in [0.1, 0.15) is 11.3 Å². The van der Waals surface area contributed by atoms with Gasteiger partial charge in [-0.05, 0) is 18.6 Å². The number of amides is 1. The molecule has 5 nitrogen and oxygen atoms in total. The van der Waals surface area contributed by atoms with Crippen LogP contribution in [0.5, 0.6) is 5.75 Å². The summed E-state index contributed by atoms with van der Waals surface area (Å²) in [4.78, 5) is 12.1. The number of para-hydroxylation sites is 1. The molecule has 1 aromatic carbocycles. The zero-order chi connectivity index (χ0) is 12.5. The van der Waals surface area contributed by atoms with E-state index in [1.54, 1.807) is 6.20 Å². The van der Waals surface area contributed by atoms with E-state index in [1.807, 2.05) is 31.2 Å². The highest BCUT2D eigenvalue weighted by atomic mass is 16.5. The number of hydrogen-bond donors (Lipinski definition) is 2. The van der Waals surface area contributed by atoms with Crippen molar-refractivity contribution >= 4 is 11.6 Å². The Morgan fingerprint density at radius 1 is 1.50 bits per heavy atom. The number of aromatic nitrogens is 2. The molecule has 1 aliphatic heterocycles. The second-order valence-electron chi connectivity index (χ2n) is 4.32. The van der Waals surface area contributed by atoms with Gasteiger partial charge in [0.25, 0.3) is 5.91 Å². The molecule has 92 valence electrons. The van der Waals surface area contributed by atoms with Crippen LogP contribution in [0.4, 0.5) is 5.69 Å². The molecule has 1 unspecified atom stereocenters. The average molecular weight is 243 g/mol. The lowest BCUT2D eigenvalue weighted by Crippen LogP contribution is -2.31. The number of aryl methyl sites for hydroxylation is 1. The second-order valence-corrected chi connectivity index (χ2v) is 4.32. The summed E-state index contributed by atoms with van der Waals surface area (Å²) in [5.74, 6) is 0.650. The third kappa shape index (κ3) is 1.84. The van der Waals surface area contributed by atoms with Gasteiger partial charge in [0.1, 0.15) is 5.75 Å². The van der Waals surface area contributed by atoms with Gasteiger partial charge in [0.05, 0.1) is 17.6 Å². The van der Waals surface area contributed by atoms with E-state index in [9.17, 15) is 4.79 Å². The average Bonchev–Trinajstić information content (AvgIpc) is 2.96. The predicted octanol–water partition coefficient (Wildman–Crippen LogP) is 1.66. The standard InChI is InChI=1S/C13H13N3O2/c1-8-10(7-14-16-8)15-13(17)12-6-9-4-2-3-5-11(9)18-12/h2-5,7,12H,6H2,1H3,(H,14,16)(H,15,17). The summed E-state index contributed by atoms with van der Waals surface area (Å²) in [7, 11) is 0. The van der Waals surface area contributed by atoms with Crippen molar-refractivity contribution in [1.82, 2.24) is 10.2 Å². The van der Waals surface area contributed by atoms with Crippen LogP contribution in [-0.2, 0) is 11.2 Å². The molecule has 18 heavy (non-hydrogen) atoms. The summed E-state index contributed by atoms with van der Waals surface area (Å²) in [6.45, 7) is 1.85. The van der Waals surface area contributed by atoms with Crippen LogP contribution in [0.15, 0.2) is 30.5 Å². The fourth-order valence-corrected chi connectivity index (χ4v) is 2.02. The third-order valence-electron chi connectivity index (χ3n) is 3.03. The topological polar surface area (TPSA) is 67.0 Å². The first-order valence-electron chi connectivity index (χ1n) is 5.79. The highest BCUT2D eigenvalue weighted by Gasteiger charge is 2.29. The van der Waals surface area contributed by atoms with Crippen molar-refractivity contribution in [3.63, 3.8) is 0 Å². The number of benzene rings is 1. The lowest BCUT2D eigenvalue weighted by atomic mass is 10.1. The van der Waals surface area contributed by atoms with E-state index in [4.69, 9.17) is 4.74 Å². The van der Waals surface area contributed by atoms with Crippen LogP contribution in [0.2, 0.25) is 0 Å². The summed E-state index contributed by atoms with van der Waals surface area (Å²) in [6, 6.07) is 7.71. The lowest BCUT2D eigenvalue weighted by Gasteiger charge is -2.10. The first kappa shape index (κ1) is 10.8. The molecule has 3 rings (SSSR count). The Labute approximate surface area is 104 Å². The van der Waals surface area contributed by atoms with E-state index in [0.717, 1.165) is 17.0 Å². The Morgan fingerprint density at radius 2 is 2.33 bits per heavy atom. The maximum Gasteiger partial charge on any atom is 0.265 e. The van der Waals surface area contributed by atoms with Crippen molar-refractivity contribution in [2.45, 2.75) is 19.4 Å². The minimum absolute atomic E-state index is 0.143. The van der Waals surface area contributed by atoms with Crippen molar-refractivity contribution in [2.75, 3.05) is 5.32 Å². The maximum atomic E-state index is 12.1. The number of rotatable bonds is 2. The molecule has 0 spiro atoms. The molecule has 1 atom stereocenters. The van der Waals surface area contributed by atoms with Crippen molar-refractivity contribution in [2.24, 2.45) is 0 Å². The Morgan fingerprint density at radius 3 is 3.06 bits per heavy atom. The Bertz CT molecular complexity index is 566. The zero-order valence-electron chi connectivity index (χ0n) is 9.93. The lowest BCUT2D eigenvalue weighted by molar-refractivity contribution is -0.122. The summed E-state index contributed by atoms with van der Waals surface area (Å²) in [5.41, 5.74) is 2.60. The van der Waals surface area contributed by atoms with Crippen LogP contribution in [0.3, 0.4) is 0 Å². The first-order valence-corrected chi connectivity index (χ1v) is 5.79. The van der Waals surface area contributed by atoms with Gasteiger partial charge in [-0.3, -0.25) is 9.89 Å². The fourth-order valence-electron chi connectivity index (χ4n) is 2.02. The molecule has 5 heteroatoms. The van der Waals surface area contributed by atoms with Crippen molar-refractivity contribution in [3.8, 4) is 5.75 Å². The fraction of sp³-hybridized carbons (Fsp3) is 0.231. The zero-order valence-corrected chi connectivity index (χ0v) is 9.93. The molecule has 1 aromatic heterocycles. The van der Waals surface area contributed by atoms with Crippen LogP contribution in [-0.4, -0.2) is 22.2 Å². The molecule has 0 bridgehead atoms. The van der Waals surface area contributed by atoms with E-state index in [0.29, 0.717) is 12.1 Å². The van der Waals surface area contributed by atoms with E-state index in [1.165, 1.54) is 0 Å². The highest BCUT2D eigenvalue weighted by molar-refractivity contribution is 5.95. The molecule has 0 aliphatic carbocycles. The monoisotopic (exact) mass is 243 g/mol. The molecular formula is C13H13N3O2. The number of fused-ring (bicyclic) bond motifs is 1.